The molecule has 1 aromatic carbocycles. The summed E-state index contributed by atoms with van der Waals surface area (Å²) in [4.78, 5) is 25.3. The van der Waals surface area contributed by atoms with E-state index in [1.54, 1.807) is 6.92 Å². The molecule has 1 aliphatic heterocycles. The molecule has 2 amide bonds. The Morgan fingerprint density at radius 3 is 2.55 bits per heavy atom. The van der Waals surface area contributed by atoms with Crippen molar-refractivity contribution < 1.29 is 18.4 Å². The van der Waals surface area contributed by atoms with Crippen LogP contribution in [-0.2, 0) is 9.59 Å². The Balaban J connectivity index is 2.58. The van der Waals surface area contributed by atoms with Crippen molar-refractivity contribution in [2.45, 2.75) is 32.4 Å². The van der Waals surface area contributed by atoms with Gasteiger partial charge in [-0.1, -0.05) is 6.92 Å². The number of halogens is 3. The van der Waals surface area contributed by atoms with Gasteiger partial charge < -0.3 is 5.32 Å². The Morgan fingerprint density at radius 1 is 1.35 bits per heavy atom. The fourth-order valence-corrected chi connectivity index (χ4v) is 2.85. The van der Waals surface area contributed by atoms with Gasteiger partial charge in [0, 0.05) is 10.5 Å². The van der Waals surface area contributed by atoms with Gasteiger partial charge in [-0.15, -0.1) is 0 Å². The first-order valence-electron chi connectivity index (χ1n) is 6.14. The zero-order valence-electron chi connectivity index (χ0n) is 10.9. The summed E-state index contributed by atoms with van der Waals surface area (Å²) in [6, 6.07) is 0.198. The van der Waals surface area contributed by atoms with Crippen LogP contribution in [-0.4, -0.2) is 23.9 Å². The van der Waals surface area contributed by atoms with Gasteiger partial charge in [0.05, 0.1) is 5.69 Å². The lowest BCUT2D eigenvalue weighted by Crippen LogP contribution is -2.62. The fourth-order valence-electron chi connectivity index (χ4n) is 2.25. The van der Waals surface area contributed by atoms with E-state index in [9.17, 15) is 18.4 Å². The Bertz CT molecular complexity index is 556. The molecule has 4 nitrogen and oxygen atoms in total. The lowest BCUT2D eigenvalue weighted by Gasteiger charge is -2.38. The van der Waals surface area contributed by atoms with Gasteiger partial charge in [0.2, 0.25) is 11.8 Å². The molecule has 108 valence electrons. The normalized spacial score (nSPS) is 22.9. The molecular weight excluding hydrogens is 334 g/mol. The summed E-state index contributed by atoms with van der Waals surface area (Å²) >= 11 is 3.05. The maximum atomic E-state index is 14.0. The van der Waals surface area contributed by atoms with Crippen LogP contribution in [0.3, 0.4) is 0 Å². The van der Waals surface area contributed by atoms with Crippen molar-refractivity contribution in [1.82, 2.24) is 5.32 Å². The summed E-state index contributed by atoms with van der Waals surface area (Å²) in [7, 11) is 0. The highest BCUT2D eigenvalue weighted by atomic mass is 79.9. The van der Waals surface area contributed by atoms with E-state index in [2.05, 4.69) is 21.2 Å². The highest BCUT2D eigenvalue weighted by Gasteiger charge is 2.40. The monoisotopic (exact) mass is 346 g/mol. The van der Waals surface area contributed by atoms with Crippen molar-refractivity contribution in [1.29, 1.82) is 0 Å². The third-order valence-corrected chi connectivity index (χ3v) is 3.79. The Kier molecular flexibility index (Phi) is 4.08. The summed E-state index contributed by atoms with van der Waals surface area (Å²) in [5.74, 6) is -2.42. The van der Waals surface area contributed by atoms with Gasteiger partial charge >= 0.3 is 0 Å². The average Bonchev–Trinajstić information content (AvgIpc) is 2.34. The molecule has 1 N–H and O–H groups in total. The molecule has 7 heteroatoms. The average molecular weight is 347 g/mol. The molecule has 0 spiro atoms. The third-order valence-electron chi connectivity index (χ3n) is 3.19. The molecule has 0 saturated carbocycles. The van der Waals surface area contributed by atoms with Crippen LogP contribution in [0.4, 0.5) is 14.5 Å². The van der Waals surface area contributed by atoms with Crippen LogP contribution in [0.2, 0.25) is 0 Å². The number of piperazine rings is 1. The quantitative estimate of drug-likeness (QED) is 0.893. The van der Waals surface area contributed by atoms with Crippen molar-refractivity contribution in [2.24, 2.45) is 0 Å². The number of benzene rings is 1. The predicted octanol–water partition coefficient (Wildman–Crippen LogP) is 2.36. The van der Waals surface area contributed by atoms with Gasteiger partial charge in [-0.2, -0.15) is 0 Å². The highest BCUT2D eigenvalue weighted by Crippen LogP contribution is 2.34. The lowest BCUT2D eigenvalue weighted by atomic mass is 10.0. The molecule has 0 bridgehead atoms. The van der Waals surface area contributed by atoms with E-state index < -0.39 is 29.6 Å². The minimum absolute atomic E-state index is 0.101. The summed E-state index contributed by atoms with van der Waals surface area (Å²) in [6.45, 7) is 3.24. The number of amides is 2. The Hall–Kier alpha value is -1.50. The molecule has 0 aromatic heterocycles. The second-order valence-electron chi connectivity index (χ2n) is 4.58. The molecule has 1 heterocycles. The van der Waals surface area contributed by atoms with Crippen LogP contribution >= 0.6 is 15.9 Å². The number of rotatable bonds is 2. The van der Waals surface area contributed by atoms with Crippen LogP contribution in [0.25, 0.3) is 0 Å². The van der Waals surface area contributed by atoms with Crippen LogP contribution in [0, 0.1) is 11.6 Å². The number of hydrogen-bond acceptors (Lipinski definition) is 2. The van der Waals surface area contributed by atoms with E-state index in [4.69, 9.17) is 0 Å². The van der Waals surface area contributed by atoms with Crippen LogP contribution < -0.4 is 10.2 Å². The van der Waals surface area contributed by atoms with E-state index in [0.29, 0.717) is 12.5 Å². The van der Waals surface area contributed by atoms with E-state index >= 15 is 0 Å². The number of nitrogens with one attached hydrogen (secondary N) is 1. The molecule has 1 fully saturated rings. The Morgan fingerprint density at radius 2 is 2.00 bits per heavy atom. The summed E-state index contributed by atoms with van der Waals surface area (Å²) in [5, 5.41) is 2.54. The molecule has 0 radical (unpaired) electrons. The van der Waals surface area contributed by atoms with Crippen molar-refractivity contribution in [3.8, 4) is 0 Å². The second kappa shape index (κ2) is 5.47. The highest BCUT2D eigenvalue weighted by molar-refractivity contribution is 9.10. The van der Waals surface area contributed by atoms with E-state index in [1.807, 2.05) is 0 Å². The maximum absolute atomic E-state index is 14.0. The fraction of sp³-hybridized carbons (Fsp3) is 0.385. The first kappa shape index (κ1) is 14.9. The molecule has 1 aromatic rings. The topological polar surface area (TPSA) is 49.4 Å². The maximum Gasteiger partial charge on any atom is 0.250 e. The number of anilines is 1. The van der Waals surface area contributed by atoms with Crippen molar-refractivity contribution in [3.63, 3.8) is 0 Å². The van der Waals surface area contributed by atoms with Crippen LogP contribution in [0.5, 0.6) is 0 Å². The molecular formula is C13H13BrF2N2O2. The van der Waals surface area contributed by atoms with Crippen molar-refractivity contribution in [3.05, 3.63) is 28.2 Å². The molecule has 0 aliphatic carbocycles. The van der Waals surface area contributed by atoms with Gasteiger partial charge in [0.1, 0.15) is 17.9 Å². The molecule has 2 atom stereocenters. The summed E-state index contributed by atoms with van der Waals surface area (Å²) in [6.07, 6.45) is 0.327. The van der Waals surface area contributed by atoms with Gasteiger partial charge in [-0.25, -0.2) is 8.78 Å². The third kappa shape index (κ3) is 2.42. The first-order chi connectivity index (χ1) is 9.36. The molecule has 1 saturated heterocycles. The van der Waals surface area contributed by atoms with Crippen molar-refractivity contribution >= 4 is 33.4 Å². The molecule has 2 rings (SSSR count). The lowest BCUT2D eigenvalue weighted by molar-refractivity contribution is -0.133. The van der Waals surface area contributed by atoms with Gasteiger partial charge in [-0.3, -0.25) is 14.5 Å². The number of hydrogen-bond donors (Lipinski definition) is 1. The number of carbonyl (C=O) groups is 2. The standard InChI is InChI=1S/C13H13BrF2N2O2/c1-3-10-12(19)17-6(2)13(20)18(10)11-8(14)4-7(15)5-9(11)16/h4-6,10H,3H2,1-2H3,(H,17,19). The van der Waals surface area contributed by atoms with Gasteiger partial charge in [0.25, 0.3) is 0 Å². The molecule has 20 heavy (non-hydrogen) atoms. The van der Waals surface area contributed by atoms with Crippen LogP contribution in [0.1, 0.15) is 20.3 Å². The zero-order chi connectivity index (χ0) is 15.0. The predicted molar refractivity (Wildman–Crippen MR) is 73.2 cm³/mol. The SMILES string of the molecule is CCC1C(=O)NC(C)C(=O)N1c1c(F)cc(F)cc1Br. The number of carbonyl (C=O) groups excluding carboxylic acids is 2. The molecule has 2 unspecified atom stereocenters. The molecule has 1 aliphatic rings. The van der Waals surface area contributed by atoms with E-state index in [1.165, 1.54) is 6.92 Å². The Labute approximate surface area is 123 Å². The smallest absolute Gasteiger partial charge is 0.250 e. The van der Waals surface area contributed by atoms with Gasteiger partial charge in [0.15, 0.2) is 5.82 Å². The van der Waals surface area contributed by atoms with Crippen LogP contribution in [0.15, 0.2) is 16.6 Å². The van der Waals surface area contributed by atoms with Crippen molar-refractivity contribution in [2.75, 3.05) is 4.90 Å². The number of nitrogens with zero attached hydrogens (tertiary/aromatic N) is 1. The minimum Gasteiger partial charge on any atom is -0.343 e. The van der Waals surface area contributed by atoms with Gasteiger partial charge in [-0.05, 0) is 35.3 Å². The van der Waals surface area contributed by atoms with E-state index in [0.717, 1.165) is 11.0 Å². The zero-order valence-corrected chi connectivity index (χ0v) is 12.5. The summed E-state index contributed by atoms with van der Waals surface area (Å²) in [5.41, 5.74) is -0.107. The summed E-state index contributed by atoms with van der Waals surface area (Å²) < 4.78 is 27.3. The van der Waals surface area contributed by atoms with E-state index in [-0.39, 0.29) is 16.1 Å². The minimum atomic E-state index is -0.884. The largest absolute Gasteiger partial charge is 0.343 e. The second-order valence-corrected chi connectivity index (χ2v) is 5.43. The first-order valence-corrected chi connectivity index (χ1v) is 6.94.